The summed E-state index contributed by atoms with van der Waals surface area (Å²) in [6.45, 7) is 8.15. The number of amides is 2. The number of rotatable bonds is 7. The van der Waals surface area contributed by atoms with Crippen molar-refractivity contribution >= 4 is 11.8 Å². The van der Waals surface area contributed by atoms with Crippen molar-refractivity contribution in [2.24, 2.45) is 0 Å². The van der Waals surface area contributed by atoms with Gasteiger partial charge < -0.3 is 15.4 Å². The summed E-state index contributed by atoms with van der Waals surface area (Å²) in [5, 5.41) is 5.42. The summed E-state index contributed by atoms with van der Waals surface area (Å²) in [4.78, 5) is 28.6. The molecule has 0 aliphatic rings. The van der Waals surface area contributed by atoms with E-state index in [1.165, 1.54) is 0 Å². The van der Waals surface area contributed by atoms with Gasteiger partial charge in [0.2, 0.25) is 11.8 Å². The van der Waals surface area contributed by atoms with Gasteiger partial charge in [0.05, 0.1) is 6.54 Å². The molecule has 0 radical (unpaired) electrons. The van der Waals surface area contributed by atoms with Gasteiger partial charge in [0.1, 0.15) is 5.75 Å². The Morgan fingerprint density at radius 3 is 2.35 bits per heavy atom. The van der Waals surface area contributed by atoms with Crippen molar-refractivity contribution in [3.8, 4) is 11.6 Å². The van der Waals surface area contributed by atoms with E-state index >= 15 is 0 Å². The average molecular weight is 418 g/mol. The number of aryl methyl sites for hydroxylation is 4. The Balaban J connectivity index is 1.47. The van der Waals surface area contributed by atoms with Gasteiger partial charge >= 0.3 is 0 Å². The molecule has 0 aliphatic heterocycles. The zero-order valence-corrected chi connectivity index (χ0v) is 18.3. The van der Waals surface area contributed by atoms with Gasteiger partial charge in [0, 0.05) is 24.4 Å². The second kappa shape index (κ2) is 9.89. The van der Waals surface area contributed by atoms with E-state index < -0.39 is 0 Å². The van der Waals surface area contributed by atoms with Crippen LogP contribution in [0.15, 0.2) is 54.7 Å². The Morgan fingerprint density at radius 2 is 1.65 bits per heavy atom. The first-order valence-electron chi connectivity index (χ1n) is 10.1. The molecule has 2 amide bonds. The smallest absolute Gasteiger partial charge is 0.251 e. The second-order valence-corrected chi connectivity index (χ2v) is 7.63. The highest BCUT2D eigenvalue weighted by Gasteiger charge is 2.09. The first-order chi connectivity index (χ1) is 14.8. The van der Waals surface area contributed by atoms with Crippen LogP contribution in [-0.4, -0.2) is 23.3 Å². The van der Waals surface area contributed by atoms with Crippen LogP contribution in [0.25, 0.3) is 0 Å². The zero-order valence-electron chi connectivity index (χ0n) is 18.3. The SMILES string of the molecule is Cc1ccc(C)c(Oc2ccc(CNC(=O)CNC(=O)c3ccc(C)c(C)c3)cn2)c1. The molecule has 1 aromatic heterocycles. The minimum Gasteiger partial charge on any atom is -0.439 e. The molecule has 3 rings (SSSR count). The number of nitrogens with zero attached hydrogens (tertiary/aromatic N) is 1. The fourth-order valence-corrected chi connectivity index (χ4v) is 2.91. The zero-order chi connectivity index (χ0) is 22.4. The molecule has 0 atom stereocenters. The topological polar surface area (TPSA) is 80.3 Å². The fourth-order valence-electron chi connectivity index (χ4n) is 2.91. The number of carbonyl (C=O) groups excluding carboxylic acids is 2. The van der Waals surface area contributed by atoms with Crippen molar-refractivity contribution in [3.63, 3.8) is 0 Å². The number of ether oxygens (including phenoxy) is 1. The van der Waals surface area contributed by atoms with Crippen LogP contribution < -0.4 is 15.4 Å². The average Bonchev–Trinajstić information content (AvgIpc) is 2.76. The Labute approximate surface area is 182 Å². The summed E-state index contributed by atoms with van der Waals surface area (Å²) in [6.07, 6.45) is 1.66. The first kappa shape index (κ1) is 22.0. The number of carbonyl (C=O) groups is 2. The highest BCUT2D eigenvalue weighted by atomic mass is 16.5. The van der Waals surface area contributed by atoms with Gasteiger partial charge in [0.15, 0.2) is 0 Å². The molecule has 2 N–H and O–H groups in total. The van der Waals surface area contributed by atoms with Crippen molar-refractivity contribution < 1.29 is 14.3 Å². The molecule has 0 spiro atoms. The summed E-state index contributed by atoms with van der Waals surface area (Å²) in [5.41, 5.74) is 5.68. The van der Waals surface area contributed by atoms with Crippen LogP contribution in [0, 0.1) is 27.7 Å². The van der Waals surface area contributed by atoms with E-state index in [1.807, 2.05) is 64.1 Å². The van der Waals surface area contributed by atoms with E-state index in [0.717, 1.165) is 33.6 Å². The molecule has 0 fully saturated rings. The highest BCUT2D eigenvalue weighted by molar-refractivity contribution is 5.96. The molecular weight excluding hydrogens is 390 g/mol. The Morgan fingerprint density at radius 1 is 0.871 bits per heavy atom. The van der Waals surface area contributed by atoms with Gasteiger partial charge in [0.25, 0.3) is 5.91 Å². The van der Waals surface area contributed by atoms with E-state index in [-0.39, 0.29) is 18.4 Å². The van der Waals surface area contributed by atoms with Crippen LogP contribution in [0.5, 0.6) is 11.6 Å². The number of pyridine rings is 1. The van der Waals surface area contributed by atoms with Crippen LogP contribution in [0.1, 0.15) is 38.2 Å². The van der Waals surface area contributed by atoms with Crippen molar-refractivity contribution in [2.75, 3.05) is 6.54 Å². The predicted molar refractivity (Wildman–Crippen MR) is 120 cm³/mol. The van der Waals surface area contributed by atoms with Gasteiger partial charge in [-0.25, -0.2) is 4.98 Å². The lowest BCUT2D eigenvalue weighted by atomic mass is 10.1. The largest absolute Gasteiger partial charge is 0.439 e. The number of aromatic nitrogens is 1. The molecule has 6 nitrogen and oxygen atoms in total. The van der Waals surface area contributed by atoms with Crippen LogP contribution in [0.4, 0.5) is 0 Å². The van der Waals surface area contributed by atoms with Crippen LogP contribution in [-0.2, 0) is 11.3 Å². The maximum absolute atomic E-state index is 12.2. The predicted octanol–water partition coefficient (Wildman–Crippen LogP) is 4.15. The Hall–Kier alpha value is -3.67. The van der Waals surface area contributed by atoms with E-state index in [1.54, 1.807) is 18.3 Å². The van der Waals surface area contributed by atoms with Crippen LogP contribution in [0.2, 0.25) is 0 Å². The Kier molecular flexibility index (Phi) is 7.03. The normalized spacial score (nSPS) is 10.5. The van der Waals surface area contributed by atoms with Crippen LogP contribution in [0.3, 0.4) is 0 Å². The summed E-state index contributed by atoms with van der Waals surface area (Å²) in [6, 6.07) is 15.1. The van der Waals surface area contributed by atoms with E-state index in [0.29, 0.717) is 18.0 Å². The lowest BCUT2D eigenvalue weighted by Crippen LogP contribution is -2.36. The summed E-state index contributed by atoms with van der Waals surface area (Å²) >= 11 is 0. The summed E-state index contributed by atoms with van der Waals surface area (Å²) in [5.74, 6) is 0.721. The second-order valence-electron chi connectivity index (χ2n) is 7.63. The summed E-state index contributed by atoms with van der Waals surface area (Å²) in [7, 11) is 0. The van der Waals surface area contributed by atoms with Gasteiger partial charge in [-0.05, 0) is 73.7 Å². The molecule has 31 heavy (non-hydrogen) atoms. The van der Waals surface area contributed by atoms with E-state index in [2.05, 4.69) is 15.6 Å². The third-order valence-corrected chi connectivity index (χ3v) is 5.02. The van der Waals surface area contributed by atoms with E-state index in [4.69, 9.17) is 4.74 Å². The van der Waals surface area contributed by atoms with Gasteiger partial charge in [-0.3, -0.25) is 9.59 Å². The van der Waals surface area contributed by atoms with Gasteiger partial charge in [-0.2, -0.15) is 0 Å². The number of benzene rings is 2. The van der Waals surface area contributed by atoms with Gasteiger partial charge in [-0.1, -0.05) is 24.3 Å². The maximum Gasteiger partial charge on any atom is 0.251 e. The quantitative estimate of drug-likeness (QED) is 0.605. The lowest BCUT2D eigenvalue weighted by Gasteiger charge is -2.10. The molecule has 0 saturated heterocycles. The number of hydrogen-bond acceptors (Lipinski definition) is 4. The highest BCUT2D eigenvalue weighted by Crippen LogP contribution is 2.24. The standard InChI is InChI=1S/C25H27N3O3/c1-16-5-6-18(3)22(11-16)31-24-10-8-20(14-27-24)13-26-23(29)15-28-25(30)21-9-7-17(2)19(4)12-21/h5-12,14H,13,15H2,1-4H3,(H,26,29)(H,28,30). The minimum atomic E-state index is -0.270. The third kappa shape index (κ3) is 6.15. The van der Waals surface area contributed by atoms with Crippen molar-refractivity contribution in [2.45, 2.75) is 34.2 Å². The van der Waals surface area contributed by atoms with Crippen molar-refractivity contribution in [1.82, 2.24) is 15.6 Å². The molecule has 0 saturated carbocycles. The number of nitrogens with one attached hydrogen (secondary N) is 2. The van der Waals surface area contributed by atoms with Crippen molar-refractivity contribution in [1.29, 1.82) is 0 Å². The molecule has 0 unspecified atom stereocenters. The maximum atomic E-state index is 12.2. The first-order valence-corrected chi connectivity index (χ1v) is 10.1. The molecule has 2 aromatic carbocycles. The molecular formula is C25H27N3O3. The third-order valence-electron chi connectivity index (χ3n) is 5.02. The molecule has 0 bridgehead atoms. The van der Waals surface area contributed by atoms with Gasteiger partial charge in [-0.15, -0.1) is 0 Å². The van der Waals surface area contributed by atoms with Crippen molar-refractivity contribution in [3.05, 3.63) is 88.1 Å². The minimum absolute atomic E-state index is 0.0903. The molecule has 6 heteroatoms. The van der Waals surface area contributed by atoms with Crippen LogP contribution >= 0.6 is 0 Å². The molecule has 0 aliphatic carbocycles. The molecule has 160 valence electrons. The molecule has 3 aromatic rings. The summed E-state index contributed by atoms with van der Waals surface area (Å²) < 4.78 is 5.85. The fraction of sp³-hybridized carbons (Fsp3) is 0.240. The number of hydrogen-bond donors (Lipinski definition) is 2. The van der Waals surface area contributed by atoms with E-state index in [9.17, 15) is 9.59 Å². The lowest BCUT2D eigenvalue weighted by molar-refractivity contribution is -0.120. The molecule has 1 heterocycles. The monoisotopic (exact) mass is 417 g/mol. The Bertz CT molecular complexity index is 1090.